The van der Waals surface area contributed by atoms with Crippen LogP contribution in [0.2, 0.25) is 5.15 Å². The average Bonchev–Trinajstić information content (AvgIpc) is 2.78. The molecule has 1 aliphatic rings. The van der Waals surface area contributed by atoms with Gasteiger partial charge < -0.3 is 5.32 Å². The van der Waals surface area contributed by atoms with E-state index in [2.05, 4.69) is 21.4 Å². The van der Waals surface area contributed by atoms with Crippen LogP contribution in [-0.2, 0) is 0 Å². The third-order valence-electron chi connectivity index (χ3n) is 2.86. The van der Waals surface area contributed by atoms with E-state index in [0.717, 1.165) is 12.8 Å². The molecule has 0 bridgehead atoms. The Hall–Kier alpha value is -1.67. The number of amides is 1. The monoisotopic (exact) mass is 250 g/mol. The third kappa shape index (κ3) is 2.53. The van der Waals surface area contributed by atoms with E-state index in [1.807, 2.05) is 0 Å². The minimum atomic E-state index is -0.749. The summed E-state index contributed by atoms with van der Waals surface area (Å²) in [5, 5.41) is 12.0. The Balaban J connectivity index is 2.14. The standard InChI is InChI=1S/C11H11ClN4O/c12-9-6-14-5-8(15-9)10(17)16-11(7-13)3-1-2-4-11/h5-6H,1-4H2,(H,16,17). The van der Waals surface area contributed by atoms with E-state index >= 15 is 0 Å². The fourth-order valence-electron chi connectivity index (χ4n) is 1.98. The molecule has 0 spiro atoms. The first-order valence-corrected chi connectivity index (χ1v) is 5.74. The van der Waals surface area contributed by atoms with Crippen LogP contribution in [0, 0.1) is 11.3 Å². The number of rotatable bonds is 2. The van der Waals surface area contributed by atoms with Crippen LogP contribution in [0.25, 0.3) is 0 Å². The number of nitrogens with zero attached hydrogens (tertiary/aromatic N) is 3. The van der Waals surface area contributed by atoms with Gasteiger partial charge in [0.2, 0.25) is 0 Å². The summed E-state index contributed by atoms with van der Waals surface area (Å²) < 4.78 is 0. The number of nitriles is 1. The van der Waals surface area contributed by atoms with Crippen LogP contribution in [0.15, 0.2) is 12.4 Å². The van der Waals surface area contributed by atoms with Gasteiger partial charge in [0, 0.05) is 0 Å². The molecule has 1 amide bonds. The molecular weight excluding hydrogens is 240 g/mol. The number of carbonyl (C=O) groups excluding carboxylic acids is 1. The summed E-state index contributed by atoms with van der Waals surface area (Å²) in [4.78, 5) is 19.5. The van der Waals surface area contributed by atoms with Gasteiger partial charge >= 0.3 is 0 Å². The van der Waals surface area contributed by atoms with Crippen LogP contribution in [0.1, 0.15) is 36.2 Å². The van der Waals surface area contributed by atoms with Crippen molar-refractivity contribution in [3.63, 3.8) is 0 Å². The average molecular weight is 251 g/mol. The summed E-state index contributed by atoms with van der Waals surface area (Å²) >= 11 is 5.66. The van der Waals surface area contributed by atoms with Crippen molar-refractivity contribution >= 4 is 17.5 Å². The summed E-state index contributed by atoms with van der Waals surface area (Å²) in [7, 11) is 0. The lowest BCUT2D eigenvalue weighted by molar-refractivity contribution is 0.0915. The van der Waals surface area contributed by atoms with Crippen molar-refractivity contribution in [3.05, 3.63) is 23.2 Å². The Morgan fingerprint density at radius 3 is 2.76 bits per heavy atom. The van der Waals surface area contributed by atoms with E-state index in [1.165, 1.54) is 12.4 Å². The normalized spacial score (nSPS) is 17.4. The highest BCUT2D eigenvalue weighted by Gasteiger charge is 2.35. The molecule has 5 nitrogen and oxygen atoms in total. The lowest BCUT2D eigenvalue weighted by atomic mass is 10.00. The van der Waals surface area contributed by atoms with Crippen molar-refractivity contribution < 1.29 is 4.79 Å². The van der Waals surface area contributed by atoms with E-state index < -0.39 is 11.4 Å². The van der Waals surface area contributed by atoms with Crippen LogP contribution >= 0.6 is 11.6 Å². The SMILES string of the molecule is N#CC1(NC(=O)c2cncc(Cl)n2)CCCC1. The molecule has 1 N–H and O–H groups in total. The smallest absolute Gasteiger partial charge is 0.272 e. The number of nitrogens with one attached hydrogen (secondary N) is 1. The van der Waals surface area contributed by atoms with Crippen LogP contribution in [0.3, 0.4) is 0 Å². The van der Waals surface area contributed by atoms with E-state index in [-0.39, 0.29) is 10.8 Å². The van der Waals surface area contributed by atoms with Gasteiger partial charge in [-0.25, -0.2) is 4.98 Å². The highest BCUT2D eigenvalue weighted by atomic mass is 35.5. The summed E-state index contributed by atoms with van der Waals surface area (Å²) in [6.07, 6.45) is 5.96. The topological polar surface area (TPSA) is 78.7 Å². The maximum Gasteiger partial charge on any atom is 0.272 e. The van der Waals surface area contributed by atoms with E-state index in [4.69, 9.17) is 16.9 Å². The van der Waals surface area contributed by atoms with Gasteiger partial charge in [-0.15, -0.1) is 0 Å². The molecule has 6 heteroatoms. The van der Waals surface area contributed by atoms with Gasteiger partial charge in [-0.1, -0.05) is 11.6 Å². The first kappa shape index (κ1) is 11.8. The first-order valence-electron chi connectivity index (χ1n) is 5.36. The molecule has 1 heterocycles. The number of halogens is 1. The molecule has 1 aliphatic carbocycles. The Morgan fingerprint density at radius 1 is 1.47 bits per heavy atom. The van der Waals surface area contributed by atoms with Crippen LogP contribution in [0.4, 0.5) is 0 Å². The molecule has 0 saturated heterocycles. The van der Waals surface area contributed by atoms with E-state index in [9.17, 15) is 4.79 Å². The summed E-state index contributed by atoms with van der Waals surface area (Å²) in [6.45, 7) is 0. The van der Waals surface area contributed by atoms with Crippen molar-refractivity contribution in [2.45, 2.75) is 31.2 Å². The Kier molecular flexibility index (Phi) is 3.25. The Morgan fingerprint density at radius 2 is 2.18 bits per heavy atom. The first-order chi connectivity index (χ1) is 8.15. The van der Waals surface area contributed by atoms with Gasteiger partial charge in [0.05, 0.1) is 18.5 Å². The van der Waals surface area contributed by atoms with Crippen molar-refractivity contribution in [1.82, 2.24) is 15.3 Å². The molecule has 0 atom stereocenters. The number of carbonyl (C=O) groups is 1. The third-order valence-corrected chi connectivity index (χ3v) is 3.04. The number of hydrogen-bond donors (Lipinski definition) is 1. The van der Waals surface area contributed by atoms with Crippen molar-refractivity contribution in [2.75, 3.05) is 0 Å². The second-order valence-electron chi connectivity index (χ2n) is 4.08. The predicted molar refractivity (Wildman–Crippen MR) is 61.3 cm³/mol. The number of aromatic nitrogens is 2. The van der Waals surface area contributed by atoms with Gasteiger partial charge in [-0.3, -0.25) is 9.78 Å². The zero-order valence-electron chi connectivity index (χ0n) is 9.11. The van der Waals surface area contributed by atoms with Gasteiger partial charge in [0.1, 0.15) is 16.4 Å². The summed E-state index contributed by atoms with van der Waals surface area (Å²) in [5.74, 6) is -0.400. The van der Waals surface area contributed by atoms with Crippen molar-refractivity contribution in [2.24, 2.45) is 0 Å². The Labute approximate surface area is 104 Å². The second-order valence-corrected chi connectivity index (χ2v) is 4.47. The van der Waals surface area contributed by atoms with E-state index in [1.54, 1.807) is 0 Å². The van der Waals surface area contributed by atoms with Crippen LogP contribution in [0.5, 0.6) is 0 Å². The zero-order valence-corrected chi connectivity index (χ0v) is 9.87. The largest absolute Gasteiger partial charge is 0.332 e. The van der Waals surface area contributed by atoms with Crippen molar-refractivity contribution in [3.8, 4) is 6.07 Å². The lowest BCUT2D eigenvalue weighted by Crippen LogP contribution is -2.45. The molecule has 88 valence electrons. The van der Waals surface area contributed by atoms with Crippen LogP contribution < -0.4 is 5.32 Å². The van der Waals surface area contributed by atoms with Gasteiger partial charge in [-0.2, -0.15) is 5.26 Å². The second kappa shape index (κ2) is 4.68. The van der Waals surface area contributed by atoms with E-state index in [0.29, 0.717) is 12.8 Å². The fraction of sp³-hybridized carbons (Fsp3) is 0.455. The molecule has 1 fully saturated rings. The lowest BCUT2D eigenvalue weighted by Gasteiger charge is -2.21. The molecule has 0 unspecified atom stereocenters. The minimum absolute atomic E-state index is 0.138. The van der Waals surface area contributed by atoms with Crippen molar-refractivity contribution in [1.29, 1.82) is 5.26 Å². The highest BCUT2D eigenvalue weighted by Crippen LogP contribution is 2.29. The molecule has 0 radical (unpaired) electrons. The Bertz CT molecular complexity index is 477. The molecule has 2 rings (SSSR count). The summed E-state index contributed by atoms with van der Waals surface area (Å²) in [5.41, 5.74) is -0.611. The quantitative estimate of drug-likeness (QED) is 0.866. The molecule has 0 aromatic carbocycles. The maximum absolute atomic E-state index is 11.9. The van der Waals surface area contributed by atoms with Gasteiger partial charge in [-0.05, 0) is 25.7 Å². The van der Waals surface area contributed by atoms with Gasteiger partial charge in [0.25, 0.3) is 5.91 Å². The van der Waals surface area contributed by atoms with Gasteiger partial charge in [0.15, 0.2) is 0 Å². The summed E-state index contributed by atoms with van der Waals surface area (Å²) in [6, 6.07) is 2.18. The fourth-order valence-corrected chi connectivity index (χ4v) is 2.12. The maximum atomic E-state index is 11.9. The molecular formula is C11H11ClN4O. The highest BCUT2D eigenvalue weighted by molar-refractivity contribution is 6.29. The molecule has 1 aromatic rings. The van der Waals surface area contributed by atoms with Crippen LogP contribution in [-0.4, -0.2) is 21.4 Å². The molecule has 1 saturated carbocycles. The molecule has 0 aliphatic heterocycles. The number of hydrogen-bond acceptors (Lipinski definition) is 4. The molecule has 1 aromatic heterocycles. The predicted octanol–water partition coefficient (Wildman–Crippen LogP) is 1.70. The molecule has 17 heavy (non-hydrogen) atoms. The minimum Gasteiger partial charge on any atom is -0.332 e. The zero-order chi connectivity index (χ0) is 12.3.